The van der Waals surface area contributed by atoms with E-state index in [1.807, 2.05) is 7.05 Å². The van der Waals surface area contributed by atoms with Crippen molar-refractivity contribution in [3.63, 3.8) is 0 Å². The lowest BCUT2D eigenvalue weighted by atomic mass is 10.1. The molecule has 21 heavy (non-hydrogen) atoms. The Balaban J connectivity index is 0.00000161. The second-order valence-corrected chi connectivity index (χ2v) is 6.57. The highest BCUT2D eigenvalue weighted by Gasteiger charge is 2.34. The molecule has 3 fully saturated rings. The van der Waals surface area contributed by atoms with Gasteiger partial charge in [0.05, 0.1) is 6.10 Å². The molecule has 3 atom stereocenters. The first-order valence-electron chi connectivity index (χ1n) is 8.15. The van der Waals surface area contributed by atoms with E-state index in [0.717, 1.165) is 44.4 Å². The van der Waals surface area contributed by atoms with E-state index in [4.69, 9.17) is 0 Å². The molecule has 3 rings (SSSR count). The fourth-order valence-corrected chi connectivity index (χ4v) is 3.55. The molecule has 5 nitrogen and oxygen atoms in total. The van der Waals surface area contributed by atoms with Gasteiger partial charge in [0.1, 0.15) is 0 Å². The second kappa shape index (κ2) is 7.97. The van der Waals surface area contributed by atoms with Gasteiger partial charge in [-0.05, 0) is 32.1 Å². The Kier molecular flexibility index (Phi) is 6.55. The summed E-state index contributed by atoms with van der Waals surface area (Å²) in [7, 11) is 1.83. The van der Waals surface area contributed by atoms with Gasteiger partial charge in [0.2, 0.25) is 0 Å². The van der Waals surface area contributed by atoms with E-state index in [0.29, 0.717) is 12.0 Å². The van der Waals surface area contributed by atoms with Crippen LogP contribution in [0, 0.1) is 5.92 Å². The first-order chi connectivity index (χ1) is 9.76. The van der Waals surface area contributed by atoms with Gasteiger partial charge in [-0.15, -0.1) is 24.0 Å². The van der Waals surface area contributed by atoms with Crippen LogP contribution in [0.1, 0.15) is 38.5 Å². The summed E-state index contributed by atoms with van der Waals surface area (Å²) in [6, 6.07) is 1.39. The van der Waals surface area contributed by atoms with Crippen molar-refractivity contribution < 1.29 is 5.11 Å². The molecule has 2 aliphatic carbocycles. The van der Waals surface area contributed by atoms with Gasteiger partial charge < -0.3 is 15.7 Å². The molecule has 0 aromatic heterocycles. The molecule has 6 heteroatoms. The molecule has 0 amide bonds. The quantitative estimate of drug-likeness (QED) is 0.371. The predicted molar refractivity (Wildman–Crippen MR) is 96.3 cm³/mol. The Labute approximate surface area is 145 Å². The minimum absolute atomic E-state index is 0. The predicted octanol–water partition coefficient (Wildman–Crippen LogP) is 1.17. The summed E-state index contributed by atoms with van der Waals surface area (Å²) in [4.78, 5) is 6.92. The lowest BCUT2D eigenvalue weighted by Crippen LogP contribution is -2.46. The smallest absolute Gasteiger partial charge is 0.191 e. The summed E-state index contributed by atoms with van der Waals surface area (Å²) in [6.07, 6.45) is 7.10. The molecule has 0 bridgehead atoms. The molecule has 3 unspecified atom stereocenters. The third kappa shape index (κ3) is 4.69. The van der Waals surface area contributed by atoms with E-state index in [9.17, 15) is 5.11 Å². The van der Waals surface area contributed by atoms with Gasteiger partial charge in [0, 0.05) is 44.7 Å². The Morgan fingerprint density at radius 3 is 2.67 bits per heavy atom. The van der Waals surface area contributed by atoms with Crippen LogP contribution in [0.4, 0.5) is 0 Å². The van der Waals surface area contributed by atoms with E-state index in [-0.39, 0.29) is 30.1 Å². The SMILES string of the molecule is CN=C(NCC1CCCC1O)NC1CCN(C2CC2)C1.I. The van der Waals surface area contributed by atoms with E-state index >= 15 is 0 Å². The number of aliphatic hydroxyl groups excluding tert-OH is 1. The van der Waals surface area contributed by atoms with Crippen LogP contribution in [0.15, 0.2) is 4.99 Å². The molecule has 3 aliphatic rings. The molecule has 0 radical (unpaired) electrons. The van der Waals surface area contributed by atoms with Crippen LogP contribution in [-0.4, -0.2) is 60.8 Å². The molecule has 1 saturated heterocycles. The number of hydrogen-bond acceptors (Lipinski definition) is 3. The molecular weight excluding hydrogens is 379 g/mol. The average Bonchev–Trinajstić information content (AvgIpc) is 3.07. The molecule has 2 saturated carbocycles. The highest BCUT2D eigenvalue weighted by atomic mass is 127. The van der Waals surface area contributed by atoms with Crippen molar-refractivity contribution in [3.8, 4) is 0 Å². The first-order valence-corrected chi connectivity index (χ1v) is 8.15. The summed E-state index contributed by atoms with van der Waals surface area (Å²) < 4.78 is 0. The highest BCUT2D eigenvalue weighted by molar-refractivity contribution is 14.0. The summed E-state index contributed by atoms with van der Waals surface area (Å²) in [6.45, 7) is 3.21. The average molecular weight is 408 g/mol. The van der Waals surface area contributed by atoms with Crippen LogP contribution in [0.5, 0.6) is 0 Å². The summed E-state index contributed by atoms with van der Waals surface area (Å²) in [5.74, 6) is 1.28. The second-order valence-electron chi connectivity index (χ2n) is 6.57. The van der Waals surface area contributed by atoms with E-state index in [2.05, 4.69) is 20.5 Å². The van der Waals surface area contributed by atoms with Crippen molar-refractivity contribution >= 4 is 29.9 Å². The largest absolute Gasteiger partial charge is 0.393 e. The van der Waals surface area contributed by atoms with Crippen molar-refractivity contribution in [3.05, 3.63) is 0 Å². The first kappa shape index (κ1) is 17.3. The van der Waals surface area contributed by atoms with Crippen molar-refractivity contribution in [1.82, 2.24) is 15.5 Å². The maximum atomic E-state index is 9.85. The van der Waals surface area contributed by atoms with Crippen LogP contribution in [0.3, 0.4) is 0 Å². The number of halogens is 1. The van der Waals surface area contributed by atoms with Crippen LogP contribution in [0.2, 0.25) is 0 Å². The van der Waals surface area contributed by atoms with Crippen LogP contribution >= 0.6 is 24.0 Å². The maximum Gasteiger partial charge on any atom is 0.191 e. The molecule has 1 heterocycles. The van der Waals surface area contributed by atoms with Crippen LogP contribution < -0.4 is 10.6 Å². The number of guanidine groups is 1. The molecule has 0 spiro atoms. The Morgan fingerprint density at radius 2 is 2.05 bits per heavy atom. The Bertz CT molecular complexity index is 362. The maximum absolute atomic E-state index is 9.85. The zero-order chi connectivity index (χ0) is 13.9. The summed E-state index contributed by atoms with van der Waals surface area (Å²) in [5.41, 5.74) is 0. The summed E-state index contributed by atoms with van der Waals surface area (Å²) >= 11 is 0. The van der Waals surface area contributed by atoms with Crippen molar-refractivity contribution in [1.29, 1.82) is 0 Å². The topological polar surface area (TPSA) is 59.9 Å². The Morgan fingerprint density at radius 1 is 1.24 bits per heavy atom. The molecule has 3 N–H and O–H groups in total. The standard InChI is InChI=1S/C15H28N4O.HI/c1-16-15(17-9-11-3-2-4-14(11)20)18-12-7-8-19(10-12)13-5-6-13;/h11-14,20H,2-10H2,1H3,(H2,16,17,18);1H. The van der Waals surface area contributed by atoms with Crippen LogP contribution in [0.25, 0.3) is 0 Å². The van der Waals surface area contributed by atoms with E-state index in [1.165, 1.54) is 25.8 Å². The molecule has 0 aromatic carbocycles. The Hall–Kier alpha value is -0.0800. The highest BCUT2D eigenvalue weighted by Crippen LogP contribution is 2.29. The lowest BCUT2D eigenvalue weighted by Gasteiger charge is -2.21. The van der Waals surface area contributed by atoms with Crippen molar-refractivity contribution in [2.24, 2.45) is 10.9 Å². The number of aliphatic imine (C=N–C) groups is 1. The van der Waals surface area contributed by atoms with Crippen molar-refractivity contribution in [2.75, 3.05) is 26.7 Å². The number of likely N-dealkylation sites (tertiary alicyclic amines) is 1. The zero-order valence-electron chi connectivity index (χ0n) is 12.9. The van der Waals surface area contributed by atoms with Gasteiger partial charge in [0.25, 0.3) is 0 Å². The minimum atomic E-state index is -0.127. The molecular formula is C15H29IN4O. The molecule has 1 aliphatic heterocycles. The third-order valence-electron chi connectivity index (χ3n) is 5.00. The number of nitrogens with zero attached hydrogens (tertiary/aromatic N) is 2. The molecule has 0 aromatic rings. The fourth-order valence-electron chi connectivity index (χ4n) is 3.55. The van der Waals surface area contributed by atoms with Crippen LogP contribution in [-0.2, 0) is 0 Å². The van der Waals surface area contributed by atoms with Gasteiger partial charge in [0.15, 0.2) is 5.96 Å². The van der Waals surface area contributed by atoms with Crippen molar-refractivity contribution in [2.45, 2.75) is 56.7 Å². The normalized spacial score (nSPS) is 33.8. The van der Waals surface area contributed by atoms with Gasteiger partial charge in [-0.3, -0.25) is 9.89 Å². The summed E-state index contributed by atoms with van der Waals surface area (Å²) in [5, 5.41) is 16.8. The fraction of sp³-hybridized carbons (Fsp3) is 0.933. The number of aliphatic hydroxyl groups is 1. The van der Waals surface area contributed by atoms with Gasteiger partial charge in [-0.25, -0.2) is 0 Å². The number of hydrogen-bond donors (Lipinski definition) is 3. The number of rotatable bonds is 4. The lowest BCUT2D eigenvalue weighted by molar-refractivity contribution is 0.134. The van der Waals surface area contributed by atoms with Gasteiger partial charge in [-0.2, -0.15) is 0 Å². The third-order valence-corrected chi connectivity index (χ3v) is 5.00. The van der Waals surface area contributed by atoms with Gasteiger partial charge in [-0.1, -0.05) is 6.42 Å². The zero-order valence-corrected chi connectivity index (χ0v) is 15.3. The molecule has 122 valence electrons. The number of nitrogens with one attached hydrogen (secondary N) is 2. The van der Waals surface area contributed by atoms with E-state index < -0.39 is 0 Å². The monoisotopic (exact) mass is 408 g/mol. The van der Waals surface area contributed by atoms with Gasteiger partial charge >= 0.3 is 0 Å². The van der Waals surface area contributed by atoms with E-state index in [1.54, 1.807) is 0 Å². The minimum Gasteiger partial charge on any atom is -0.393 e.